The summed E-state index contributed by atoms with van der Waals surface area (Å²) in [7, 11) is 1.97. The lowest BCUT2D eigenvalue weighted by atomic mass is 10.1. The van der Waals surface area contributed by atoms with Crippen LogP contribution < -0.4 is 4.74 Å². The molecule has 3 nitrogen and oxygen atoms in total. The molecule has 0 aliphatic heterocycles. The zero-order chi connectivity index (χ0) is 14.9. The summed E-state index contributed by atoms with van der Waals surface area (Å²) >= 11 is 0. The van der Waals surface area contributed by atoms with Crippen molar-refractivity contribution >= 4 is 5.78 Å². The lowest BCUT2D eigenvalue weighted by molar-refractivity contribution is 0.0920. The Morgan fingerprint density at radius 1 is 1.15 bits per heavy atom. The molecule has 0 amide bonds. The Hall–Kier alpha value is -2.03. The van der Waals surface area contributed by atoms with E-state index >= 15 is 0 Å². The first-order valence-corrected chi connectivity index (χ1v) is 6.76. The Kier molecular flexibility index (Phi) is 3.98. The molecule has 106 valence electrons. The predicted octanol–water partition coefficient (Wildman–Crippen LogP) is 3.52. The molecule has 2 aromatic rings. The van der Waals surface area contributed by atoms with Gasteiger partial charge in [-0.3, -0.25) is 4.79 Å². The molecule has 0 saturated heterocycles. The van der Waals surface area contributed by atoms with Gasteiger partial charge in [0.2, 0.25) is 5.78 Å². The highest BCUT2D eigenvalue weighted by molar-refractivity contribution is 5.98. The van der Waals surface area contributed by atoms with E-state index < -0.39 is 0 Å². The van der Waals surface area contributed by atoms with Gasteiger partial charge in [0, 0.05) is 24.0 Å². The molecule has 1 aromatic heterocycles. The van der Waals surface area contributed by atoms with Crippen LogP contribution in [-0.4, -0.2) is 17.0 Å². The number of ether oxygens (including phenoxy) is 1. The fraction of sp³-hybridized carbons (Fsp3) is 0.353. The molecule has 0 aliphatic carbocycles. The van der Waals surface area contributed by atoms with Gasteiger partial charge in [-0.2, -0.15) is 0 Å². The maximum Gasteiger partial charge on any atom is 0.202 e. The monoisotopic (exact) mass is 271 g/mol. The number of ketones is 1. The summed E-state index contributed by atoms with van der Waals surface area (Å²) in [6.07, 6.45) is 0. The van der Waals surface area contributed by atoms with E-state index in [1.165, 1.54) is 0 Å². The largest absolute Gasteiger partial charge is 0.485 e. The molecule has 0 atom stereocenters. The topological polar surface area (TPSA) is 31.2 Å². The number of carbonyl (C=O) groups is 1. The van der Waals surface area contributed by atoms with Crippen LogP contribution in [0.25, 0.3) is 0 Å². The van der Waals surface area contributed by atoms with E-state index in [9.17, 15) is 4.79 Å². The summed E-state index contributed by atoms with van der Waals surface area (Å²) in [5, 5.41) is 0. The predicted molar refractivity (Wildman–Crippen MR) is 80.6 cm³/mol. The van der Waals surface area contributed by atoms with Gasteiger partial charge < -0.3 is 9.30 Å². The van der Waals surface area contributed by atoms with Crippen LogP contribution in [0.4, 0.5) is 0 Å². The second-order valence-corrected chi connectivity index (χ2v) is 5.32. The van der Waals surface area contributed by atoms with E-state index in [1.807, 2.05) is 63.6 Å². The zero-order valence-corrected chi connectivity index (χ0v) is 12.8. The second kappa shape index (κ2) is 5.53. The van der Waals surface area contributed by atoms with Crippen LogP contribution in [0.15, 0.2) is 24.3 Å². The van der Waals surface area contributed by atoms with Gasteiger partial charge in [-0.1, -0.05) is 12.1 Å². The van der Waals surface area contributed by atoms with E-state index in [2.05, 4.69) is 0 Å². The minimum atomic E-state index is 0.0205. The molecule has 0 radical (unpaired) electrons. The van der Waals surface area contributed by atoms with Gasteiger partial charge in [0.1, 0.15) is 5.75 Å². The van der Waals surface area contributed by atoms with Crippen LogP contribution in [0.3, 0.4) is 0 Å². The normalized spacial score (nSPS) is 10.7. The van der Waals surface area contributed by atoms with E-state index in [0.29, 0.717) is 0 Å². The van der Waals surface area contributed by atoms with Crippen molar-refractivity contribution in [3.05, 3.63) is 52.3 Å². The Labute approximate surface area is 120 Å². The van der Waals surface area contributed by atoms with Crippen LogP contribution >= 0.6 is 0 Å². The molecule has 3 heteroatoms. The fourth-order valence-electron chi connectivity index (χ4n) is 2.22. The van der Waals surface area contributed by atoms with Crippen molar-refractivity contribution in [2.45, 2.75) is 27.7 Å². The third-order valence-electron chi connectivity index (χ3n) is 3.78. The number of aryl methyl sites for hydroxylation is 3. The molecule has 0 saturated carbocycles. The zero-order valence-electron chi connectivity index (χ0n) is 12.8. The van der Waals surface area contributed by atoms with Gasteiger partial charge >= 0.3 is 0 Å². The van der Waals surface area contributed by atoms with Gasteiger partial charge in [0.05, 0.1) is 0 Å². The molecular formula is C17H21NO2. The average Bonchev–Trinajstić information content (AvgIpc) is 2.67. The van der Waals surface area contributed by atoms with Gasteiger partial charge in [-0.05, 0) is 51.0 Å². The summed E-state index contributed by atoms with van der Waals surface area (Å²) in [6.45, 7) is 8.03. The SMILES string of the molecule is Cc1ccc(C)c(OCC(=O)c2cc(C)n(C)c2C)c1. The van der Waals surface area contributed by atoms with E-state index in [0.717, 1.165) is 33.8 Å². The molecule has 20 heavy (non-hydrogen) atoms. The number of nitrogens with zero attached hydrogens (tertiary/aromatic N) is 1. The highest BCUT2D eigenvalue weighted by atomic mass is 16.5. The molecule has 1 aromatic carbocycles. The van der Waals surface area contributed by atoms with Gasteiger partial charge in [0.15, 0.2) is 6.61 Å². The lowest BCUT2D eigenvalue weighted by Crippen LogP contribution is -2.13. The summed E-state index contributed by atoms with van der Waals surface area (Å²) in [6, 6.07) is 7.93. The standard InChI is InChI=1S/C17H21NO2/c1-11-6-7-12(2)17(8-11)20-10-16(19)15-9-13(3)18(5)14(15)4/h6-9H,10H2,1-5H3. The molecule has 2 rings (SSSR count). The number of carbonyl (C=O) groups excluding carboxylic acids is 1. The summed E-state index contributed by atoms with van der Waals surface area (Å²) in [5.41, 5.74) is 4.99. The van der Waals surface area contributed by atoms with Gasteiger partial charge in [-0.25, -0.2) is 0 Å². The Bertz CT molecular complexity index is 653. The first kappa shape index (κ1) is 14.4. The Balaban J connectivity index is 2.12. The third-order valence-corrected chi connectivity index (χ3v) is 3.78. The van der Waals surface area contributed by atoms with Crippen LogP contribution in [-0.2, 0) is 7.05 Å². The summed E-state index contributed by atoms with van der Waals surface area (Å²) < 4.78 is 7.70. The fourth-order valence-corrected chi connectivity index (χ4v) is 2.22. The van der Waals surface area contributed by atoms with E-state index in [-0.39, 0.29) is 12.4 Å². The quantitative estimate of drug-likeness (QED) is 0.797. The minimum absolute atomic E-state index is 0.0205. The average molecular weight is 271 g/mol. The van der Waals surface area contributed by atoms with Crippen molar-refractivity contribution in [1.82, 2.24) is 4.57 Å². The van der Waals surface area contributed by atoms with Gasteiger partial charge in [-0.15, -0.1) is 0 Å². The number of benzene rings is 1. The van der Waals surface area contributed by atoms with Crippen LogP contribution in [0.5, 0.6) is 5.75 Å². The summed E-state index contributed by atoms with van der Waals surface area (Å²) in [4.78, 5) is 12.3. The second-order valence-electron chi connectivity index (χ2n) is 5.32. The van der Waals surface area contributed by atoms with Crippen molar-refractivity contribution < 1.29 is 9.53 Å². The highest BCUT2D eigenvalue weighted by Gasteiger charge is 2.15. The number of rotatable bonds is 4. The highest BCUT2D eigenvalue weighted by Crippen LogP contribution is 2.20. The third kappa shape index (κ3) is 2.77. The molecule has 0 aliphatic rings. The Morgan fingerprint density at radius 3 is 2.45 bits per heavy atom. The molecular weight excluding hydrogens is 250 g/mol. The van der Waals surface area contributed by atoms with Crippen LogP contribution in [0.2, 0.25) is 0 Å². The molecule has 0 fully saturated rings. The van der Waals surface area contributed by atoms with E-state index in [1.54, 1.807) is 0 Å². The van der Waals surface area contributed by atoms with Crippen molar-refractivity contribution in [2.75, 3.05) is 6.61 Å². The number of hydrogen-bond donors (Lipinski definition) is 0. The minimum Gasteiger partial charge on any atom is -0.485 e. The number of hydrogen-bond acceptors (Lipinski definition) is 2. The Morgan fingerprint density at radius 2 is 1.85 bits per heavy atom. The van der Waals surface area contributed by atoms with E-state index in [4.69, 9.17) is 4.74 Å². The van der Waals surface area contributed by atoms with Crippen molar-refractivity contribution in [3.8, 4) is 5.75 Å². The summed E-state index contributed by atoms with van der Waals surface area (Å²) in [5.74, 6) is 0.802. The lowest BCUT2D eigenvalue weighted by Gasteiger charge is -2.09. The number of aromatic nitrogens is 1. The molecule has 0 unspecified atom stereocenters. The molecule has 1 heterocycles. The maximum atomic E-state index is 12.3. The number of Topliss-reactive ketones (excluding diaryl/α,β-unsaturated/α-hetero) is 1. The first-order chi connectivity index (χ1) is 9.40. The van der Waals surface area contributed by atoms with Crippen molar-refractivity contribution in [1.29, 1.82) is 0 Å². The van der Waals surface area contributed by atoms with Crippen molar-refractivity contribution in [3.63, 3.8) is 0 Å². The molecule has 0 spiro atoms. The van der Waals surface area contributed by atoms with Crippen LogP contribution in [0.1, 0.15) is 32.9 Å². The molecule has 0 bridgehead atoms. The van der Waals surface area contributed by atoms with Crippen molar-refractivity contribution in [2.24, 2.45) is 7.05 Å². The first-order valence-electron chi connectivity index (χ1n) is 6.76. The molecule has 0 N–H and O–H groups in total. The maximum absolute atomic E-state index is 12.3. The van der Waals surface area contributed by atoms with Gasteiger partial charge in [0.25, 0.3) is 0 Å². The smallest absolute Gasteiger partial charge is 0.202 e. The van der Waals surface area contributed by atoms with Crippen LogP contribution in [0, 0.1) is 27.7 Å².